The number of hydrogen-bond acceptors (Lipinski definition) is 5. The average Bonchev–Trinajstić information content (AvgIpc) is 2.85. The number of nitrogens with zero attached hydrogens (tertiary/aromatic N) is 2. The molecule has 1 aromatic heterocycles. The predicted molar refractivity (Wildman–Crippen MR) is 80.6 cm³/mol. The van der Waals surface area contributed by atoms with E-state index in [1.165, 1.54) is 0 Å². The zero-order valence-corrected chi connectivity index (χ0v) is 12.0. The fraction of sp³-hybridized carbons (Fsp3) is 0.385. The number of nitrogen functional groups attached to an aromatic ring is 1. The number of aromatic nitrogens is 1. The molecule has 0 aliphatic heterocycles. The summed E-state index contributed by atoms with van der Waals surface area (Å²) in [5, 5.41) is 2.85. The number of nitrogens with two attached hydrogens (primary N) is 1. The largest absolute Gasteiger partial charge is 0.395 e. The second kappa shape index (κ2) is 5.88. The summed E-state index contributed by atoms with van der Waals surface area (Å²) < 4.78 is 1.06. The molecule has 0 radical (unpaired) electrons. The molecule has 5 nitrogen and oxygen atoms in total. The molecule has 0 spiro atoms. The number of nitrogens with one attached hydrogen (secondary N) is 1. The number of thiazole rings is 1. The van der Waals surface area contributed by atoms with Gasteiger partial charge in [0.1, 0.15) is 5.52 Å². The van der Waals surface area contributed by atoms with Crippen LogP contribution in [-0.4, -0.2) is 31.0 Å². The Morgan fingerprint density at radius 2 is 2.32 bits per heavy atom. The van der Waals surface area contributed by atoms with Crippen molar-refractivity contribution in [3.63, 3.8) is 0 Å². The summed E-state index contributed by atoms with van der Waals surface area (Å²) in [6, 6.07) is 3.92. The molecule has 102 valence electrons. The highest BCUT2D eigenvalue weighted by atomic mass is 32.1. The van der Waals surface area contributed by atoms with Gasteiger partial charge >= 0.3 is 0 Å². The Kier molecular flexibility index (Phi) is 4.21. The summed E-state index contributed by atoms with van der Waals surface area (Å²) >= 11 is 1.56. The first kappa shape index (κ1) is 13.6. The SMILES string of the molecule is CCCNC(=O)CN(C)c1ccc2scnc2c1N. The van der Waals surface area contributed by atoms with Gasteiger partial charge in [-0.1, -0.05) is 6.92 Å². The minimum Gasteiger partial charge on any atom is -0.395 e. The van der Waals surface area contributed by atoms with Crippen LogP contribution < -0.4 is 16.0 Å². The molecule has 1 aromatic carbocycles. The molecule has 2 aromatic rings. The van der Waals surface area contributed by atoms with E-state index in [1.54, 1.807) is 16.8 Å². The van der Waals surface area contributed by atoms with E-state index in [4.69, 9.17) is 5.73 Å². The van der Waals surface area contributed by atoms with Crippen LogP contribution in [0.4, 0.5) is 11.4 Å². The van der Waals surface area contributed by atoms with Crippen LogP contribution in [0.5, 0.6) is 0 Å². The van der Waals surface area contributed by atoms with Crippen LogP contribution in [0.3, 0.4) is 0 Å². The monoisotopic (exact) mass is 278 g/mol. The topological polar surface area (TPSA) is 71.2 Å². The highest BCUT2D eigenvalue weighted by molar-refractivity contribution is 7.16. The summed E-state index contributed by atoms with van der Waals surface area (Å²) in [6.45, 7) is 3.02. The maximum atomic E-state index is 11.7. The maximum absolute atomic E-state index is 11.7. The molecule has 19 heavy (non-hydrogen) atoms. The number of benzene rings is 1. The highest BCUT2D eigenvalue weighted by Crippen LogP contribution is 2.31. The molecule has 1 amide bonds. The Balaban J connectivity index is 2.14. The van der Waals surface area contributed by atoms with Crippen molar-refractivity contribution in [1.82, 2.24) is 10.3 Å². The maximum Gasteiger partial charge on any atom is 0.239 e. The van der Waals surface area contributed by atoms with Crippen LogP contribution in [-0.2, 0) is 4.79 Å². The first-order valence-corrected chi connectivity index (χ1v) is 7.11. The van der Waals surface area contributed by atoms with E-state index in [-0.39, 0.29) is 5.91 Å². The molecule has 1 heterocycles. The lowest BCUT2D eigenvalue weighted by Crippen LogP contribution is -2.35. The van der Waals surface area contributed by atoms with Crippen molar-refractivity contribution < 1.29 is 4.79 Å². The molecule has 0 saturated carbocycles. The molecular formula is C13H18N4OS. The fourth-order valence-corrected chi connectivity index (χ4v) is 2.59. The second-order valence-electron chi connectivity index (χ2n) is 4.40. The summed E-state index contributed by atoms with van der Waals surface area (Å²) in [6.07, 6.45) is 0.933. The predicted octanol–water partition coefficient (Wildman–Crippen LogP) is 1.84. The number of fused-ring (bicyclic) bond motifs is 1. The minimum absolute atomic E-state index is 0.00197. The molecule has 2 rings (SSSR count). The molecular weight excluding hydrogens is 260 g/mol. The lowest BCUT2D eigenvalue weighted by Gasteiger charge is -2.20. The number of carbonyl (C=O) groups is 1. The smallest absolute Gasteiger partial charge is 0.239 e. The quantitative estimate of drug-likeness (QED) is 0.819. The number of anilines is 2. The summed E-state index contributed by atoms with van der Waals surface area (Å²) in [5.41, 5.74) is 10.2. The van der Waals surface area contributed by atoms with Gasteiger partial charge in [0.2, 0.25) is 5.91 Å². The Hall–Kier alpha value is -1.82. The van der Waals surface area contributed by atoms with E-state index in [9.17, 15) is 4.79 Å². The highest BCUT2D eigenvalue weighted by Gasteiger charge is 2.12. The molecule has 3 N–H and O–H groups in total. The normalized spacial score (nSPS) is 10.6. The number of carbonyl (C=O) groups excluding carboxylic acids is 1. The van der Waals surface area contributed by atoms with Crippen molar-refractivity contribution in [2.45, 2.75) is 13.3 Å². The Morgan fingerprint density at radius 1 is 1.53 bits per heavy atom. The molecule has 0 bridgehead atoms. The lowest BCUT2D eigenvalue weighted by atomic mass is 10.2. The van der Waals surface area contributed by atoms with Crippen molar-refractivity contribution in [3.8, 4) is 0 Å². The summed E-state index contributed by atoms with van der Waals surface area (Å²) in [4.78, 5) is 17.8. The molecule has 0 atom stereocenters. The molecule has 0 fully saturated rings. The molecule has 6 heteroatoms. The van der Waals surface area contributed by atoms with Crippen LogP contribution in [0.15, 0.2) is 17.6 Å². The van der Waals surface area contributed by atoms with Crippen LogP contribution >= 0.6 is 11.3 Å². The molecule has 0 saturated heterocycles. The van der Waals surface area contributed by atoms with Crippen molar-refractivity contribution in [3.05, 3.63) is 17.6 Å². The van der Waals surface area contributed by atoms with Gasteiger partial charge in [-0.3, -0.25) is 4.79 Å². The standard InChI is InChI=1S/C13H18N4OS/c1-3-6-15-11(18)7-17(2)9-4-5-10-13(12(9)14)16-8-19-10/h4-5,8H,3,6-7,14H2,1-2H3,(H,15,18). The van der Waals surface area contributed by atoms with E-state index in [2.05, 4.69) is 10.3 Å². The number of hydrogen-bond donors (Lipinski definition) is 2. The lowest BCUT2D eigenvalue weighted by molar-refractivity contribution is -0.119. The van der Waals surface area contributed by atoms with Gasteiger partial charge < -0.3 is 16.0 Å². The van der Waals surface area contributed by atoms with Gasteiger partial charge in [-0.2, -0.15) is 0 Å². The van der Waals surface area contributed by atoms with Gasteiger partial charge in [-0.25, -0.2) is 4.98 Å². The van der Waals surface area contributed by atoms with E-state index in [0.717, 1.165) is 22.3 Å². The van der Waals surface area contributed by atoms with Gasteiger partial charge in [0.25, 0.3) is 0 Å². The third-order valence-electron chi connectivity index (χ3n) is 2.88. The van der Waals surface area contributed by atoms with Crippen molar-refractivity contribution in [2.75, 3.05) is 30.8 Å². The third kappa shape index (κ3) is 2.96. The van der Waals surface area contributed by atoms with Crippen LogP contribution in [0.2, 0.25) is 0 Å². The molecule has 0 aliphatic carbocycles. The van der Waals surface area contributed by atoms with E-state index < -0.39 is 0 Å². The minimum atomic E-state index is 0.00197. The number of likely N-dealkylation sites (N-methyl/N-ethyl adjacent to an activating group) is 1. The van der Waals surface area contributed by atoms with E-state index in [0.29, 0.717) is 18.8 Å². The van der Waals surface area contributed by atoms with Crippen LogP contribution in [0.25, 0.3) is 10.2 Å². The van der Waals surface area contributed by atoms with Gasteiger partial charge in [0.05, 0.1) is 28.1 Å². The third-order valence-corrected chi connectivity index (χ3v) is 3.68. The first-order chi connectivity index (χ1) is 9.13. The first-order valence-electron chi connectivity index (χ1n) is 6.23. The van der Waals surface area contributed by atoms with Crippen molar-refractivity contribution >= 4 is 38.8 Å². The Bertz CT molecular complexity index is 581. The summed E-state index contributed by atoms with van der Waals surface area (Å²) in [7, 11) is 1.86. The molecule has 0 aliphatic rings. The Morgan fingerprint density at radius 3 is 3.05 bits per heavy atom. The fourth-order valence-electron chi connectivity index (χ4n) is 1.90. The van der Waals surface area contributed by atoms with Gasteiger partial charge in [0, 0.05) is 13.6 Å². The number of rotatable bonds is 5. The van der Waals surface area contributed by atoms with Gasteiger partial charge in [0.15, 0.2) is 0 Å². The Labute approximate surface area is 116 Å². The zero-order chi connectivity index (χ0) is 13.8. The van der Waals surface area contributed by atoms with Crippen LogP contribution in [0, 0.1) is 0 Å². The van der Waals surface area contributed by atoms with Crippen molar-refractivity contribution in [2.24, 2.45) is 0 Å². The zero-order valence-electron chi connectivity index (χ0n) is 11.1. The van der Waals surface area contributed by atoms with E-state index in [1.807, 2.05) is 31.0 Å². The van der Waals surface area contributed by atoms with Crippen molar-refractivity contribution in [1.29, 1.82) is 0 Å². The van der Waals surface area contributed by atoms with Gasteiger partial charge in [-0.05, 0) is 18.6 Å². The summed E-state index contributed by atoms with van der Waals surface area (Å²) in [5.74, 6) is 0.00197. The second-order valence-corrected chi connectivity index (χ2v) is 5.29. The van der Waals surface area contributed by atoms with Crippen LogP contribution in [0.1, 0.15) is 13.3 Å². The average molecular weight is 278 g/mol. The van der Waals surface area contributed by atoms with Gasteiger partial charge in [-0.15, -0.1) is 11.3 Å². The number of amides is 1. The molecule has 0 unspecified atom stereocenters. The van der Waals surface area contributed by atoms with E-state index >= 15 is 0 Å².